The molecule has 0 spiro atoms. The van der Waals surface area contributed by atoms with Crippen molar-refractivity contribution in [1.82, 2.24) is 4.98 Å². The van der Waals surface area contributed by atoms with Gasteiger partial charge in [0.2, 0.25) is 0 Å². The second-order valence-electron chi connectivity index (χ2n) is 5.36. The summed E-state index contributed by atoms with van der Waals surface area (Å²) in [5.41, 5.74) is 2.26. The van der Waals surface area contributed by atoms with Gasteiger partial charge < -0.3 is 5.11 Å². The number of hydrogen-bond donors (Lipinski definition) is 1. The Labute approximate surface area is 127 Å². The molecule has 3 aromatic rings. The van der Waals surface area contributed by atoms with Crippen molar-refractivity contribution < 1.29 is 5.11 Å². The highest BCUT2D eigenvalue weighted by Crippen LogP contribution is 2.43. The molecule has 0 saturated carbocycles. The average Bonchev–Trinajstić information content (AvgIpc) is 2.97. The zero-order chi connectivity index (χ0) is 14.2. The van der Waals surface area contributed by atoms with Crippen LogP contribution in [0.15, 0.2) is 65.8 Å². The molecule has 0 amide bonds. The third-order valence-corrected chi connectivity index (χ3v) is 5.42. The minimum atomic E-state index is -0.499. The highest BCUT2D eigenvalue weighted by molar-refractivity contribution is 8.00. The lowest BCUT2D eigenvalue weighted by molar-refractivity contribution is 0.176. The molecule has 0 fully saturated rings. The van der Waals surface area contributed by atoms with Crippen LogP contribution in [0.2, 0.25) is 0 Å². The van der Waals surface area contributed by atoms with Crippen LogP contribution in [0, 0.1) is 0 Å². The van der Waals surface area contributed by atoms with Gasteiger partial charge in [0.15, 0.2) is 0 Å². The normalized spacial score (nSPS) is 18.6. The maximum Gasteiger partial charge on any atom is 0.0936 e. The lowest BCUT2D eigenvalue weighted by Crippen LogP contribution is -2.14. The SMILES string of the molecule is OC(c1cncc2ccccc12)C1Cc2ccccc2S1. The Morgan fingerprint density at radius 3 is 2.76 bits per heavy atom. The Bertz CT molecular complexity index is 772. The van der Waals surface area contributed by atoms with Crippen LogP contribution in [0.1, 0.15) is 17.2 Å². The van der Waals surface area contributed by atoms with E-state index in [1.807, 2.05) is 24.4 Å². The Morgan fingerprint density at radius 1 is 1.05 bits per heavy atom. The summed E-state index contributed by atoms with van der Waals surface area (Å²) in [6.45, 7) is 0. The fourth-order valence-corrected chi connectivity index (χ4v) is 4.29. The summed E-state index contributed by atoms with van der Waals surface area (Å²) in [6.07, 6.45) is 4.06. The van der Waals surface area contributed by atoms with Crippen molar-refractivity contribution in [2.24, 2.45) is 0 Å². The molecular weight excluding hydrogens is 278 g/mol. The van der Waals surface area contributed by atoms with Gasteiger partial charge in [-0.15, -0.1) is 11.8 Å². The van der Waals surface area contributed by atoms with Crippen LogP contribution in [0.5, 0.6) is 0 Å². The molecule has 0 radical (unpaired) electrons. The van der Waals surface area contributed by atoms with Crippen molar-refractivity contribution in [2.75, 3.05) is 0 Å². The molecule has 21 heavy (non-hydrogen) atoms. The van der Waals surface area contributed by atoms with Crippen molar-refractivity contribution in [3.63, 3.8) is 0 Å². The maximum absolute atomic E-state index is 10.8. The van der Waals surface area contributed by atoms with E-state index in [2.05, 4.69) is 35.3 Å². The Balaban J connectivity index is 1.71. The van der Waals surface area contributed by atoms with Gasteiger partial charge in [0.25, 0.3) is 0 Å². The van der Waals surface area contributed by atoms with Gasteiger partial charge in [0, 0.05) is 33.5 Å². The van der Waals surface area contributed by atoms with Crippen LogP contribution in [0.25, 0.3) is 10.8 Å². The van der Waals surface area contributed by atoms with E-state index in [0.29, 0.717) is 0 Å². The van der Waals surface area contributed by atoms with Crippen LogP contribution < -0.4 is 0 Å². The second-order valence-corrected chi connectivity index (χ2v) is 6.64. The number of fused-ring (bicyclic) bond motifs is 2. The number of hydrogen-bond acceptors (Lipinski definition) is 3. The van der Waals surface area contributed by atoms with E-state index in [-0.39, 0.29) is 5.25 Å². The zero-order valence-electron chi connectivity index (χ0n) is 11.4. The highest BCUT2D eigenvalue weighted by Gasteiger charge is 2.30. The Hall–Kier alpha value is -1.84. The lowest BCUT2D eigenvalue weighted by Gasteiger charge is -2.18. The number of aliphatic hydroxyl groups excluding tert-OH is 1. The van der Waals surface area contributed by atoms with E-state index >= 15 is 0 Å². The first-order valence-electron chi connectivity index (χ1n) is 7.08. The molecule has 4 rings (SSSR count). The number of pyridine rings is 1. The van der Waals surface area contributed by atoms with Crippen molar-refractivity contribution in [3.8, 4) is 0 Å². The van der Waals surface area contributed by atoms with Gasteiger partial charge in [-0.3, -0.25) is 4.98 Å². The highest BCUT2D eigenvalue weighted by atomic mass is 32.2. The molecule has 104 valence electrons. The number of thioether (sulfide) groups is 1. The first kappa shape index (κ1) is 12.9. The van der Waals surface area contributed by atoms with Gasteiger partial charge >= 0.3 is 0 Å². The van der Waals surface area contributed by atoms with Crippen LogP contribution in [-0.4, -0.2) is 15.3 Å². The fraction of sp³-hybridized carbons (Fsp3) is 0.167. The van der Waals surface area contributed by atoms with E-state index in [0.717, 1.165) is 22.8 Å². The van der Waals surface area contributed by atoms with Crippen LogP contribution in [0.4, 0.5) is 0 Å². The first-order valence-corrected chi connectivity index (χ1v) is 7.96. The van der Waals surface area contributed by atoms with Crippen molar-refractivity contribution in [1.29, 1.82) is 0 Å². The van der Waals surface area contributed by atoms with Gasteiger partial charge in [-0.05, 0) is 23.4 Å². The second kappa shape index (κ2) is 5.17. The van der Waals surface area contributed by atoms with E-state index in [9.17, 15) is 5.11 Å². The van der Waals surface area contributed by atoms with Crippen molar-refractivity contribution >= 4 is 22.5 Å². The summed E-state index contributed by atoms with van der Waals surface area (Å²) in [5.74, 6) is 0. The third-order valence-electron chi connectivity index (χ3n) is 4.04. The predicted octanol–water partition coefficient (Wildman–Crippen LogP) is 3.99. The third kappa shape index (κ3) is 2.23. The molecule has 2 unspecified atom stereocenters. The molecule has 2 aromatic carbocycles. The molecule has 1 N–H and O–H groups in total. The smallest absolute Gasteiger partial charge is 0.0936 e. The monoisotopic (exact) mass is 293 g/mol. The molecule has 0 bridgehead atoms. The largest absolute Gasteiger partial charge is 0.387 e. The summed E-state index contributed by atoms with van der Waals surface area (Å²) < 4.78 is 0. The predicted molar refractivity (Wildman–Crippen MR) is 86.5 cm³/mol. The summed E-state index contributed by atoms with van der Waals surface area (Å²) in [5, 5.41) is 13.2. The number of benzene rings is 2. The molecule has 1 aromatic heterocycles. The van der Waals surface area contributed by atoms with Crippen LogP contribution >= 0.6 is 11.8 Å². The summed E-state index contributed by atoms with van der Waals surface area (Å²) in [7, 11) is 0. The van der Waals surface area contributed by atoms with E-state index < -0.39 is 6.10 Å². The van der Waals surface area contributed by atoms with E-state index in [4.69, 9.17) is 0 Å². The maximum atomic E-state index is 10.8. The fourth-order valence-electron chi connectivity index (χ4n) is 2.96. The number of rotatable bonds is 2. The van der Waals surface area contributed by atoms with Gasteiger partial charge in [0.05, 0.1) is 6.10 Å². The molecule has 2 nitrogen and oxygen atoms in total. The zero-order valence-corrected chi connectivity index (χ0v) is 12.3. The minimum Gasteiger partial charge on any atom is -0.387 e. The van der Waals surface area contributed by atoms with Gasteiger partial charge in [0.1, 0.15) is 0 Å². The average molecular weight is 293 g/mol. The molecule has 2 heterocycles. The van der Waals surface area contributed by atoms with Gasteiger partial charge in [-0.1, -0.05) is 42.5 Å². The number of nitrogens with zero attached hydrogens (tertiary/aromatic N) is 1. The molecule has 0 saturated heterocycles. The Morgan fingerprint density at radius 2 is 1.86 bits per heavy atom. The summed E-state index contributed by atoms with van der Waals surface area (Å²) >= 11 is 1.77. The number of aromatic nitrogens is 1. The Kier molecular flexibility index (Phi) is 3.17. The topological polar surface area (TPSA) is 33.1 Å². The summed E-state index contributed by atoms with van der Waals surface area (Å²) in [4.78, 5) is 5.57. The van der Waals surface area contributed by atoms with Crippen LogP contribution in [-0.2, 0) is 6.42 Å². The molecule has 1 aliphatic heterocycles. The van der Waals surface area contributed by atoms with Gasteiger partial charge in [-0.25, -0.2) is 0 Å². The van der Waals surface area contributed by atoms with Crippen LogP contribution in [0.3, 0.4) is 0 Å². The molecule has 3 heteroatoms. The number of aliphatic hydroxyl groups is 1. The molecular formula is C18H15NOS. The minimum absolute atomic E-state index is 0.162. The molecule has 0 aliphatic carbocycles. The van der Waals surface area contributed by atoms with Crippen molar-refractivity contribution in [3.05, 3.63) is 72.1 Å². The van der Waals surface area contributed by atoms with E-state index in [1.54, 1.807) is 18.0 Å². The van der Waals surface area contributed by atoms with Gasteiger partial charge in [-0.2, -0.15) is 0 Å². The molecule has 1 aliphatic rings. The standard InChI is InChI=1S/C18H15NOS/c20-18(17-9-12-5-2-4-8-16(12)21-17)15-11-19-10-13-6-1-3-7-14(13)15/h1-8,10-11,17-18,20H,9H2. The molecule has 2 atom stereocenters. The quantitative estimate of drug-likeness (QED) is 0.775. The first-order chi connectivity index (χ1) is 10.3. The van der Waals surface area contributed by atoms with E-state index in [1.165, 1.54) is 10.5 Å². The lowest BCUT2D eigenvalue weighted by atomic mass is 9.98. The van der Waals surface area contributed by atoms with Crippen molar-refractivity contribution in [2.45, 2.75) is 22.7 Å². The summed E-state index contributed by atoms with van der Waals surface area (Å²) in [6, 6.07) is 16.5.